The number of benzene rings is 3. The monoisotopic (exact) mass is 503 g/mol. The lowest BCUT2D eigenvalue weighted by molar-refractivity contribution is -0.141. The number of hydrogen-bond donors (Lipinski definition) is 1. The standard InChI is InChI=1S/C24H22ClNO7S/c1-26-17-10-6-4-8-15(17)24(14-27,16-9-5-7-11-18(16)26)23(28)33-21-19(31-2)12-13-20(22(21)32-3)34(25,29)30/h4-13,27H,14H2,1-3H3. The van der Waals surface area contributed by atoms with Crippen LogP contribution in [0.15, 0.2) is 65.6 Å². The van der Waals surface area contributed by atoms with Gasteiger partial charge < -0.3 is 24.2 Å². The molecule has 3 aromatic rings. The van der Waals surface area contributed by atoms with Gasteiger partial charge >= 0.3 is 5.97 Å². The Kier molecular flexibility index (Phi) is 6.20. The molecule has 0 saturated heterocycles. The van der Waals surface area contributed by atoms with Crippen LogP contribution in [0.1, 0.15) is 11.1 Å². The molecule has 1 heterocycles. The molecular weight excluding hydrogens is 482 g/mol. The second-order valence-corrected chi connectivity index (χ2v) is 10.1. The summed E-state index contributed by atoms with van der Waals surface area (Å²) >= 11 is 0. The van der Waals surface area contributed by atoms with E-state index in [1.54, 1.807) is 24.3 Å². The van der Waals surface area contributed by atoms with Crippen LogP contribution in [0, 0.1) is 0 Å². The SMILES string of the molecule is COc1ccc(S(=O)(=O)Cl)c(OC)c1OC(=O)C1(CO)c2ccccc2N(C)c2ccccc21. The summed E-state index contributed by atoms with van der Waals surface area (Å²) < 4.78 is 40.5. The first kappa shape index (κ1) is 23.9. The van der Waals surface area contributed by atoms with Crippen LogP contribution < -0.4 is 19.1 Å². The van der Waals surface area contributed by atoms with Gasteiger partial charge in [-0.15, -0.1) is 0 Å². The lowest BCUT2D eigenvalue weighted by Crippen LogP contribution is -2.47. The smallest absolute Gasteiger partial charge is 0.329 e. The van der Waals surface area contributed by atoms with E-state index in [0.29, 0.717) is 22.5 Å². The second-order valence-electron chi connectivity index (χ2n) is 7.61. The minimum atomic E-state index is -4.23. The van der Waals surface area contributed by atoms with E-state index in [9.17, 15) is 18.3 Å². The van der Waals surface area contributed by atoms with E-state index >= 15 is 0 Å². The average Bonchev–Trinajstić information content (AvgIpc) is 2.84. The van der Waals surface area contributed by atoms with Crippen molar-refractivity contribution in [3.05, 3.63) is 71.8 Å². The Bertz CT molecular complexity index is 1330. The number of aliphatic hydroxyl groups excluding tert-OH is 1. The summed E-state index contributed by atoms with van der Waals surface area (Å²) in [5.41, 5.74) is 0.878. The highest BCUT2D eigenvalue weighted by molar-refractivity contribution is 8.13. The molecule has 0 amide bonds. The molecule has 0 aliphatic carbocycles. The molecule has 0 aromatic heterocycles. The summed E-state index contributed by atoms with van der Waals surface area (Å²) in [7, 11) is 5.75. The van der Waals surface area contributed by atoms with E-state index in [2.05, 4.69) is 0 Å². The first-order valence-corrected chi connectivity index (χ1v) is 12.5. The van der Waals surface area contributed by atoms with Gasteiger partial charge in [0.05, 0.1) is 20.8 Å². The fraction of sp³-hybridized carbons (Fsp3) is 0.208. The average molecular weight is 504 g/mol. The predicted octanol–water partition coefficient (Wildman–Crippen LogP) is 3.60. The second kappa shape index (κ2) is 8.83. The molecule has 1 aliphatic rings. The number of hydrogen-bond acceptors (Lipinski definition) is 8. The van der Waals surface area contributed by atoms with Crippen molar-refractivity contribution in [2.45, 2.75) is 10.3 Å². The molecule has 1 N–H and O–H groups in total. The van der Waals surface area contributed by atoms with Gasteiger partial charge in [0.15, 0.2) is 11.5 Å². The van der Waals surface area contributed by atoms with Crippen LogP contribution >= 0.6 is 10.7 Å². The maximum atomic E-state index is 14.0. The minimum absolute atomic E-state index is 0.0526. The number of para-hydroxylation sites is 2. The van der Waals surface area contributed by atoms with Crippen LogP contribution in [0.3, 0.4) is 0 Å². The number of nitrogens with zero attached hydrogens (tertiary/aromatic N) is 1. The summed E-state index contributed by atoms with van der Waals surface area (Å²) in [6.07, 6.45) is 0. The maximum Gasteiger partial charge on any atom is 0.329 e. The molecule has 0 radical (unpaired) electrons. The Morgan fingerprint density at radius 2 is 1.50 bits per heavy atom. The van der Waals surface area contributed by atoms with Crippen LogP contribution in [-0.4, -0.2) is 47.4 Å². The minimum Gasteiger partial charge on any atom is -0.493 e. The lowest BCUT2D eigenvalue weighted by atomic mass is 9.71. The number of methoxy groups -OCH3 is 2. The number of halogens is 1. The number of anilines is 2. The Balaban J connectivity index is 1.95. The number of carbonyl (C=O) groups is 1. The van der Waals surface area contributed by atoms with E-state index in [0.717, 1.165) is 0 Å². The molecule has 0 unspecified atom stereocenters. The number of esters is 1. The van der Waals surface area contributed by atoms with E-state index < -0.39 is 27.0 Å². The van der Waals surface area contributed by atoms with Crippen molar-refractivity contribution in [2.75, 3.05) is 32.8 Å². The fourth-order valence-corrected chi connectivity index (χ4v) is 5.33. The summed E-state index contributed by atoms with van der Waals surface area (Å²) in [4.78, 5) is 15.5. The van der Waals surface area contributed by atoms with E-state index in [1.807, 2.05) is 36.2 Å². The summed E-state index contributed by atoms with van der Waals surface area (Å²) in [5.74, 6) is -1.34. The van der Waals surface area contributed by atoms with Crippen molar-refractivity contribution in [1.29, 1.82) is 0 Å². The first-order chi connectivity index (χ1) is 16.2. The third-order valence-corrected chi connectivity index (χ3v) is 7.30. The lowest BCUT2D eigenvalue weighted by Gasteiger charge is -2.41. The molecule has 4 rings (SSSR count). The van der Waals surface area contributed by atoms with Gasteiger partial charge in [-0.1, -0.05) is 36.4 Å². The summed E-state index contributed by atoms with van der Waals surface area (Å²) in [6, 6.07) is 16.9. The molecule has 178 valence electrons. The number of fused-ring (bicyclic) bond motifs is 2. The molecule has 0 fully saturated rings. The van der Waals surface area contributed by atoms with Gasteiger partial charge in [0, 0.05) is 29.1 Å². The zero-order chi connectivity index (χ0) is 24.7. The third-order valence-electron chi connectivity index (χ3n) is 5.96. The van der Waals surface area contributed by atoms with E-state index in [-0.39, 0.29) is 22.1 Å². The first-order valence-electron chi connectivity index (χ1n) is 10.2. The Labute approximate surface area is 201 Å². The van der Waals surface area contributed by atoms with Gasteiger partial charge in [-0.25, -0.2) is 8.42 Å². The van der Waals surface area contributed by atoms with Gasteiger partial charge in [0.25, 0.3) is 9.05 Å². The van der Waals surface area contributed by atoms with Crippen LogP contribution in [0.25, 0.3) is 0 Å². The van der Waals surface area contributed by atoms with Crippen molar-refractivity contribution in [1.82, 2.24) is 0 Å². The van der Waals surface area contributed by atoms with Gasteiger partial charge in [0.2, 0.25) is 5.75 Å². The van der Waals surface area contributed by atoms with Crippen molar-refractivity contribution < 1.29 is 32.5 Å². The maximum absolute atomic E-state index is 14.0. The van der Waals surface area contributed by atoms with Gasteiger partial charge in [-0.2, -0.15) is 0 Å². The van der Waals surface area contributed by atoms with Crippen LogP contribution in [0.5, 0.6) is 17.2 Å². The molecule has 34 heavy (non-hydrogen) atoms. The third kappa shape index (κ3) is 3.56. The fourth-order valence-electron chi connectivity index (χ4n) is 4.33. The van der Waals surface area contributed by atoms with Crippen molar-refractivity contribution >= 4 is 37.1 Å². The molecule has 0 saturated carbocycles. The van der Waals surface area contributed by atoms with Gasteiger partial charge in [0.1, 0.15) is 10.3 Å². The van der Waals surface area contributed by atoms with Crippen molar-refractivity contribution in [2.24, 2.45) is 0 Å². The predicted molar refractivity (Wildman–Crippen MR) is 127 cm³/mol. The quantitative estimate of drug-likeness (QED) is 0.309. The molecule has 0 bridgehead atoms. The Morgan fingerprint density at radius 1 is 0.941 bits per heavy atom. The van der Waals surface area contributed by atoms with E-state index in [4.69, 9.17) is 24.9 Å². The molecule has 3 aromatic carbocycles. The molecule has 0 spiro atoms. The van der Waals surface area contributed by atoms with Crippen LogP contribution in [-0.2, 0) is 19.3 Å². The van der Waals surface area contributed by atoms with Crippen molar-refractivity contribution in [3.8, 4) is 17.2 Å². The molecule has 0 atom stereocenters. The number of ether oxygens (including phenoxy) is 3. The topological polar surface area (TPSA) is 102 Å². The summed E-state index contributed by atoms with van der Waals surface area (Å²) in [5, 5.41) is 10.7. The highest BCUT2D eigenvalue weighted by atomic mass is 35.7. The van der Waals surface area contributed by atoms with Gasteiger partial charge in [-0.3, -0.25) is 4.79 Å². The van der Waals surface area contributed by atoms with E-state index in [1.165, 1.54) is 26.4 Å². The zero-order valence-electron chi connectivity index (χ0n) is 18.6. The molecule has 8 nitrogen and oxygen atoms in total. The van der Waals surface area contributed by atoms with Crippen LogP contribution in [0.4, 0.5) is 11.4 Å². The highest BCUT2D eigenvalue weighted by Gasteiger charge is 2.50. The van der Waals surface area contributed by atoms with Crippen molar-refractivity contribution in [3.63, 3.8) is 0 Å². The van der Waals surface area contributed by atoms with Crippen LogP contribution in [0.2, 0.25) is 0 Å². The molecule has 10 heteroatoms. The molecule has 1 aliphatic heterocycles. The number of carbonyl (C=O) groups excluding carboxylic acids is 1. The largest absolute Gasteiger partial charge is 0.493 e. The molecular formula is C24H22ClNO7S. The Morgan fingerprint density at radius 3 is 1.97 bits per heavy atom. The summed E-state index contributed by atoms with van der Waals surface area (Å²) in [6.45, 7) is -0.605. The number of aliphatic hydroxyl groups is 1. The highest BCUT2D eigenvalue weighted by Crippen LogP contribution is 2.50. The zero-order valence-corrected chi connectivity index (χ0v) is 20.2. The normalized spacial score (nSPS) is 14.1. The number of rotatable bonds is 6. The van der Waals surface area contributed by atoms with Gasteiger partial charge in [-0.05, 0) is 35.4 Å². The Hall–Kier alpha value is -3.27.